The first-order valence-corrected chi connectivity index (χ1v) is 6.61. The van der Waals surface area contributed by atoms with E-state index in [9.17, 15) is 4.79 Å². The lowest BCUT2D eigenvalue weighted by Gasteiger charge is -2.06. The second-order valence-electron chi connectivity index (χ2n) is 3.41. The minimum Gasteiger partial charge on any atom is -0.334 e. The van der Waals surface area contributed by atoms with Crippen LogP contribution in [0.1, 0.15) is 5.56 Å². The Morgan fingerprint density at radius 1 is 1.44 bits per heavy atom. The third-order valence-electron chi connectivity index (χ3n) is 2.08. The summed E-state index contributed by atoms with van der Waals surface area (Å²) in [4.78, 5) is 15.6. The number of nitrogens with zero attached hydrogens (tertiary/aromatic N) is 1. The molecule has 0 aliphatic carbocycles. The van der Waals surface area contributed by atoms with Gasteiger partial charge in [-0.2, -0.15) is 0 Å². The number of hydrogen-bond donors (Lipinski definition) is 2. The molecule has 2 heterocycles. The Labute approximate surface area is 118 Å². The van der Waals surface area contributed by atoms with Crippen LogP contribution in [0.2, 0.25) is 8.67 Å². The zero-order chi connectivity index (χ0) is 13.0. The highest BCUT2D eigenvalue weighted by Crippen LogP contribution is 2.34. The SMILES string of the molecule is O=C(NCc1cccnc1)Nc1cc(Cl)sc1Cl. The van der Waals surface area contributed by atoms with E-state index in [2.05, 4.69) is 15.6 Å². The quantitative estimate of drug-likeness (QED) is 0.906. The third kappa shape index (κ3) is 3.60. The highest BCUT2D eigenvalue weighted by Gasteiger charge is 2.09. The molecule has 2 aromatic rings. The number of carbonyl (C=O) groups excluding carboxylic acids is 1. The Balaban J connectivity index is 1.88. The van der Waals surface area contributed by atoms with Crippen LogP contribution in [0.5, 0.6) is 0 Å². The van der Waals surface area contributed by atoms with Crippen LogP contribution in [0, 0.1) is 0 Å². The van der Waals surface area contributed by atoms with Crippen molar-refractivity contribution in [2.75, 3.05) is 5.32 Å². The van der Waals surface area contributed by atoms with Gasteiger partial charge in [-0.1, -0.05) is 29.3 Å². The molecule has 94 valence electrons. The van der Waals surface area contributed by atoms with E-state index in [1.54, 1.807) is 18.5 Å². The van der Waals surface area contributed by atoms with Crippen molar-refractivity contribution < 1.29 is 4.79 Å². The lowest BCUT2D eigenvalue weighted by atomic mass is 10.3. The summed E-state index contributed by atoms with van der Waals surface area (Å²) < 4.78 is 0.985. The number of urea groups is 1. The lowest BCUT2D eigenvalue weighted by Crippen LogP contribution is -2.28. The van der Waals surface area contributed by atoms with Crippen LogP contribution in [0.25, 0.3) is 0 Å². The number of anilines is 1. The number of rotatable bonds is 3. The summed E-state index contributed by atoms with van der Waals surface area (Å²) >= 11 is 12.9. The van der Waals surface area contributed by atoms with Gasteiger partial charge in [-0.3, -0.25) is 4.98 Å². The smallest absolute Gasteiger partial charge is 0.319 e. The maximum atomic E-state index is 11.6. The first kappa shape index (κ1) is 13.1. The molecule has 2 rings (SSSR count). The monoisotopic (exact) mass is 301 g/mol. The molecule has 0 atom stereocenters. The molecule has 2 N–H and O–H groups in total. The zero-order valence-corrected chi connectivity index (χ0v) is 11.4. The first-order valence-electron chi connectivity index (χ1n) is 5.04. The molecule has 0 radical (unpaired) electrons. The van der Waals surface area contributed by atoms with Crippen LogP contribution in [-0.4, -0.2) is 11.0 Å². The van der Waals surface area contributed by atoms with Crippen LogP contribution >= 0.6 is 34.5 Å². The summed E-state index contributed by atoms with van der Waals surface area (Å²) in [6.07, 6.45) is 3.37. The molecule has 0 saturated carbocycles. The Morgan fingerprint density at radius 3 is 2.89 bits per heavy atom. The molecule has 2 amide bonds. The van der Waals surface area contributed by atoms with Crippen LogP contribution in [0.4, 0.5) is 10.5 Å². The lowest BCUT2D eigenvalue weighted by molar-refractivity contribution is 0.251. The molecule has 0 aliphatic heterocycles. The average Bonchev–Trinajstić information content (AvgIpc) is 2.67. The Morgan fingerprint density at radius 2 is 2.28 bits per heavy atom. The van der Waals surface area contributed by atoms with Crippen molar-refractivity contribution in [1.82, 2.24) is 10.3 Å². The predicted octanol–water partition coefficient (Wildman–Crippen LogP) is 3.77. The van der Waals surface area contributed by atoms with E-state index >= 15 is 0 Å². The van der Waals surface area contributed by atoms with Gasteiger partial charge in [-0.05, 0) is 17.7 Å². The molecule has 0 aromatic carbocycles. The van der Waals surface area contributed by atoms with E-state index in [1.165, 1.54) is 11.3 Å². The van der Waals surface area contributed by atoms with Gasteiger partial charge in [0.25, 0.3) is 0 Å². The average molecular weight is 302 g/mol. The van der Waals surface area contributed by atoms with Crippen molar-refractivity contribution in [3.8, 4) is 0 Å². The summed E-state index contributed by atoms with van der Waals surface area (Å²) in [6, 6.07) is 4.96. The van der Waals surface area contributed by atoms with Crippen molar-refractivity contribution in [3.63, 3.8) is 0 Å². The standard InChI is InChI=1S/C11H9Cl2N3OS/c12-9-4-8(10(13)18-9)16-11(17)15-6-7-2-1-3-14-5-7/h1-5H,6H2,(H2,15,16,17). The van der Waals surface area contributed by atoms with Gasteiger partial charge in [0.15, 0.2) is 0 Å². The maximum Gasteiger partial charge on any atom is 0.319 e. The molecule has 2 aromatic heterocycles. The maximum absolute atomic E-state index is 11.6. The zero-order valence-electron chi connectivity index (χ0n) is 9.11. The number of halogens is 2. The largest absolute Gasteiger partial charge is 0.334 e. The van der Waals surface area contributed by atoms with Crippen LogP contribution in [0.15, 0.2) is 30.6 Å². The number of amides is 2. The van der Waals surface area contributed by atoms with Gasteiger partial charge in [0.2, 0.25) is 0 Å². The molecule has 0 unspecified atom stereocenters. The molecular weight excluding hydrogens is 293 g/mol. The summed E-state index contributed by atoms with van der Waals surface area (Å²) in [5.41, 5.74) is 1.43. The summed E-state index contributed by atoms with van der Waals surface area (Å²) in [6.45, 7) is 0.398. The van der Waals surface area contributed by atoms with E-state index in [1.807, 2.05) is 12.1 Å². The molecule has 7 heteroatoms. The van der Waals surface area contributed by atoms with Crippen molar-refractivity contribution in [2.45, 2.75) is 6.54 Å². The fourth-order valence-electron chi connectivity index (χ4n) is 1.28. The highest BCUT2D eigenvalue weighted by atomic mass is 35.5. The molecule has 0 bridgehead atoms. The Bertz CT molecular complexity index is 544. The van der Waals surface area contributed by atoms with Gasteiger partial charge in [0, 0.05) is 18.9 Å². The third-order valence-corrected chi connectivity index (χ3v) is 3.57. The minimum atomic E-state index is -0.338. The number of thiophene rings is 1. The van der Waals surface area contributed by atoms with Gasteiger partial charge in [0.1, 0.15) is 4.34 Å². The van der Waals surface area contributed by atoms with Crippen molar-refractivity contribution in [1.29, 1.82) is 0 Å². The molecule has 18 heavy (non-hydrogen) atoms. The van der Waals surface area contributed by atoms with Gasteiger partial charge in [0.05, 0.1) is 10.0 Å². The van der Waals surface area contributed by atoms with Gasteiger partial charge < -0.3 is 10.6 Å². The molecule has 0 spiro atoms. The topological polar surface area (TPSA) is 54.0 Å². The van der Waals surface area contributed by atoms with Crippen LogP contribution in [-0.2, 0) is 6.54 Å². The van der Waals surface area contributed by atoms with Crippen molar-refractivity contribution in [2.24, 2.45) is 0 Å². The first-order chi connectivity index (χ1) is 8.65. The Kier molecular flexibility index (Phi) is 4.41. The van der Waals surface area contributed by atoms with E-state index in [0.717, 1.165) is 5.56 Å². The second-order valence-corrected chi connectivity index (χ2v) is 5.69. The molecule has 0 aliphatic rings. The number of hydrogen-bond acceptors (Lipinski definition) is 3. The highest BCUT2D eigenvalue weighted by molar-refractivity contribution is 7.20. The fourth-order valence-corrected chi connectivity index (χ4v) is 2.66. The molecule has 4 nitrogen and oxygen atoms in total. The van der Waals surface area contributed by atoms with Crippen molar-refractivity contribution >= 4 is 46.3 Å². The minimum absolute atomic E-state index is 0.338. The van der Waals surface area contributed by atoms with Crippen LogP contribution in [0.3, 0.4) is 0 Å². The van der Waals surface area contributed by atoms with Crippen molar-refractivity contribution in [3.05, 3.63) is 44.8 Å². The van der Waals surface area contributed by atoms with E-state index in [0.29, 0.717) is 20.9 Å². The predicted molar refractivity (Wildman–Crippen MR) is 74.4 cm³/mol. The Hall–Kier alpha value is -1.30. The summed E-state index contributed by atoms with van der Waals surface area (Å²) in [5, 5.41) is 5.32. The van der Waals surface area contributed by atoms with Gasteiger partial charge in [-0.25, -0.2) is 4.79 Å². The second kappa shape index (κ2) is 6.04. The summed E-state index contributed by atoms with van der Waals surface area (Å²) in [7, 11) is 0. The molecule has 0 saturated heterocycles. The normalized spacial score (nSPS) is 10.1. The summed E-state index contributed by atoms with van der Waals surface area (Å²) in [5.74, 6) is 0. The van der Waals surface area contributed by atoms with Crippen LogP contribution < -0.4 is 10.6 Å². The van der Waals surface area contributed by atoms with E-state index < -0.39 is 0 Å². The number of carbonyl (C=O) groups is 1. The van der Waals surface area contributed by atoms with E-state index in [4.69, 9.17) is 23.2 Å². The molecule has 0 fully saturated rings. The fraction of sp³-hybridized carbons (Fsp3) is 0.0909. The van der Waals surface area contributed by atoms with Gasteiger partial charge in [-0.15, -0.1) is 11.3 Å². The number of aromatic nitrogens is 1. The van der Waals surface area contributed by atoms with E-state index in [-0.39, 0.29) is 6.03 Å². The molecular formula is C11H9Cl2N3OS. The van der Waals surface area contributed by atoms with Gasteiger partial charge >= 0.3 is 6.03 Å². The number of nitrogens with one attached hydrogen (secondary N) is 2. The number of pyridine rings is 1.